The van der Waals surface area contributed by atoms with Gasteiger partial charge in [0.05, 0.1) is 11.0 Å². The summed E-state index contributed by atoms with van der Waals surface area (Å²) in [5.74, 6) is 1.65. The summed E-state index contributed by atoms with van der Waals surface area (Å²) in [5, 5.41) is 11.3. The smallest absolute Gasteiger partial charge is 0.316 e. The first kappa shape index (κ1) is 14.7. The minimum Gasteiger partial charge on any atom is -0.480 e. The van der Waals surface area contributed by atoms with Crippen LogP contribution in [0.25, 0.3) is 0 Å². The molecule has 0 radical (unpaired) electrons. The number of aliphatic carboxylic acids is 1. The highest BCUT2D eigenvalue weighted by atomic mass is 32.2. The molecule has 4 nitrogen and oxygen atoms in total. The number of carbonyl (C=O) groups is 2. The van der Waals surface area contributed by atoms with Gasteiger partial charge in [-0.05, 0) is 50.9 Å². The van der Waals surface area contributed by atoms with Gasteiger partial charge >= 0.3 is 5.97 Å². The number of rotatable bonds is 6. The first-order chi connectivity index (χ1) is 8.97. The van der Waals surface area contributed by atoms with Crippen LogP contribution in [0.2, 0.25) is 0 Å². The highest BCUT2D eigenvalue weighted by molar-refractivity contribution is 8.01. The van der Waals surface area contributed by atoms with Crippen LogP contribution in [-0.2, 0) is 9.59 Å². The van der Waals surface area contributed by atoms with Crippen molar-refractivity contribution < 1.29 is 14.7 Å². The largest absolute Gasteiger partial charge is 0.480 e. The van der Waals surface area contributed by atoms with E-state index >= 15 is 0 Å². The molecule has 2 rings (SSSR count). The van der Waals surface area contributed by atoms with Gasteiger partial charge in [-0.2, -0.15) is 0 Å². The van der Waals surface area contributed by atoms with Gasteiger partial charge in [-0.1, -0.05) is 6.42 Å². The Labute approximate surface area is 118 Å². The number of nitrogens with one attached hydrogen (secondary N) is 1. The fraction of sp³-hybridized carbons (Fsp3) is 0.857. The second-order valence-corrected chi connectivity index (χ2v) is 7.32. The number of carbonyl (C=O) groups excluding carboxylic acids is 1. The van der Waals surface area contributed by atoms with Crippen molar-refractivity contribution in [2.45, 2.75) is 50.8 Å². The highest BCUT2D eigenvalue weighted by Gasteiger charge is 2.42. The molecule has 5 atom stereocenters. The fourth-order valence-corrected chi connectivity index (χ4v) is 4.21. The van der Waals surface area contributed by atoms with Gasteiger partial charge in [-0.25, -0.2) is 0 Å². The summed E-state index contributed by atoms with van der Waals surface area (Å²) >= 11 is 1.18. The molecule has 0 aromatic rings. The lowest BCUT2D eigenvalue weighted by molar-refractivity contribution is -0.136. The van der Waals surface area contributed by atoms with Gasteiger partial charge in [0.2, 0.25) is 5.91 Å². The van der Waals surface area contributed by atoms with Crippen LogP contribution in [0.15, 0.2) is 0 Å². The van der Waals surface area contributed by atoms with Crippen LogP contribution in [-0.4, -0.2) is 34.0 Å². The fourth-order valence-electron chi connectivity index (χ4n) is 3.58. The number of fused-ring (bicyclic) bond motifs is 2. The number of carboxylic acid groups (broad SMARTS) is 1. The van der Waals surface area contributed by atoms with Gasteiger partial charge < -0.3 is 10.4 Å². The lowest BCUT2D eigenvalue weighted by Crippen LogP contribution is -2.41. The van der Waals surface area contributed by atoms with E-state index in [1.165, 1.54) is 37.4 Å². The molecule has 5 heteroatoms. The summed E-state index contributed by atoms with van der Waals surface area (Å²) < 4.78 is 0. The van der Waals surface area contributed by atoms with Crippen LogP contribution < -0.4 is 5.32 Å². The van der Waals surface area contributed by atoms with Crippen molar-refractivity contribution >= 4 is 23.6 Å². The Morgan fingerprint density at radius 3 is 2.58 bits per heavy atom. The zero-order chi connectivity index (χ0) is 14.0. The van der Waals surface area contributed by atoms with E-state index in [0.717, 1.165) is 11.8 Å². The molecule has 2 fully saturated rings. The highest BCUT2D eigenvalue weighted by Crippen LogP contribution is 2.49. The number of hydrogen-bond donors (Lipinski definition) is 2. The lowest BCUT2D eigenvalue weighted by Gasteiger charge is -2.28. The SMILES string of the molecule is C[C@@H](SCC(=O)N[C@H](C)[C@H]1C[C@@H]2CC[C@@H]1C2)C(=O)O. The zero-order valence-electron chi connectivity index (χ0n) is 11.6. The van der Waals surface area contributed by atoms with E-state index in [0.29, 0.717) is 5.92 Å². The Morgan fingerprint density at radius 1 is 1.32 bits per heavy atom. The van der Waals surface area contributed by atoms with Crippen molar-refractivity contribution in [2.24, 2.45) is 17.8 Å². The van der Waals surface area contributed by atoms with Gasteiger partial charge in [-0.15, -0.1) is 11.8 Å². The average Bonchev–Trinajstić information content (AvgIpc) is 2.97. The van der Waals surface area contributed by atoms with Gasteiger partial charge in [0.15, 0.2) is 0 Å². The van der Waals surface area contributed by atoms with Gasteiger partial charge in [-0.3, -0.25) is 9.59 Å². The maximum atomic E-state index is 11.8. The monoisotopic (exact) mass is 285 g/mol. The maximum absolute atomic E-state index is 11.8. The molecule has 2 saturated carbocycles. The van der Waals surface area contributed by atoms with Crippen molar-refractivity contribution in [3.63, 3.8) is 0 Å². The van der Waals surface area contributed by atoms with Gasteiger partial charge in [0.25, 0.3) is 0 Å². The van der Waals surface area contributed by atoms with E-state index in [1.54, 1.807) is 6.92 Å². The molecule has 2 bridgehead atoms. The Morgan fingerprint density at radius 2 is 2.05 bits per heavy atom. The lowest BCUT2D eigenvalue weighted by atomic mass is 9.84. The number of thioether (sulfide) groups is 1. The maximum Gasteiger partial charge on any atom is 0.316 e. The van der Waals surface area contributed by atoms with Crippen LogP contribution in [0.1, 0.15) is 39.5 Å². The molecule has 0 unspecified atom stereocenters. The second-order valence-electron chi connectivity index (χ2n) is 5.99. The molecule has 2 aliphatic rings. The first-order valence-electron chi connectivity index (χ1n) is 7.11. The Bertz CT molecular complexity index is 361. The first-order valence-corrected chi connectivity index (χ1v) is 8.16. The number of carboxylic acids is 1. The van der Waals surface area contributed by atoms with Crippen molar-refractivity contribution in [1.29, 1.82) is 0 Å². The van der Waals surface area contributed by atoms with Crippen molar-refractivity contribution in [3.8, 4) is 0 Å². The average molecular weight is 285 g/mol. The van der Waals surface area contributed by atoms with E-state index in [2.05, 4.69) is 12.2 Å². The summed E-state index contributed by atoms with van der Waals surface area (Å²) in [6, 6.07) is 0.225. The quantitative estimate of drug-likeness (QED) is 0.784. The normalized spacial score (nSPS) is 32.0. The zero-order valence-corrected chi connectivity index (χ0v) is 12.4. The predicted molar refractivity (Wildman–Crippen MR) is 76.1 cm³/mol. The van der Waals surface area contributed by atoms with E-state index < -0.39 is 11.2 Å². The third kappa shape index (κ3) is 3.65. The summed E-state index contributed by atoms with van der Waals surface area (Å²) in [4.78, 5) is 22.5. The van der Waals surface area contributed by atoms with E-state index in [-0.39, 0.29) is 17.7 Å². The Kier molecular flexibility index (Phi) is 4.76. The van der Waals surface area contributed by atoms with Gasteiger partial charge in [0.1, 0.15) is 0 Å². The molecular formula is C14H23NO3S. The molecule has 1 amide bonds. The predicted octanol–water partition coefficient (Wildman–Crippen LogP) is 2.13. The molecule has 0 aromatic carbocycles. The minimum atomic E-state index is -0.862. The third-order valence-corrected chi connectivity index (χ3v) is 5.77. The van der Waals surface area contributed by atoms with Crippen LogP contribution in [0, 0.1) is 17.8 Å². The van der Waals surface area contributed by atoms with Crippen LogP contribution in [0.4, 0.5) is 0 Å². The minimum absolute atomic E-state index is 0.0339. The van der Waals surface area contributed by atoms with Crippen LogP contribution in [0.5, 0.6) is 0 Å². The van der Waals surface area contributed by atoms with Crippen LogP contribution in [0.3, 0.4) is 0 Å². The third-order valence-electron chi connectivity index (χ3n) is 4.64. The van der Waals surface area contributed by atoms with E-state index in [4.69, 9.17) is 5.11 Å². The van der Waals surface area contributed by atoms with Crippen molar-refractivity contribution in [2.75, 3.05) is 5.75 Å². The molecule has 0 saturated heterocycles. The van der Waals surface area contributed by atoms with Crippen LogP contribution >= 0.6 is 11.8 Å². The number of hydrogen-bond acceptors (Lipinski definition) is 3. The van der Waals surface area contributed by atoms with Crippen molar-refractivity contribution in [3.05, 3.63) is 0 Å². The summed E-state index contributed by atoms with van der Waals surface area (Å²) in [6.07, 6.45) is 5.29. The molecule has 0 heterocycles. The second kappa shape index (κ2) is 6.16. The molecule has 19 heavy (non-hydrogen) atoms. The molecule has 2 aliphatic carbocycles. The van der Waals surface area contributed by atoms with E-state index in [9.17, 15) is 9.59 Å². The Hall–Kier alpha value is -0.710. The molecule has 0 aromatic heterocycles. The van der Waals surface area contributed by atoms with E-state index in [1.807, 2.05) is 0 Å². The van der Waals surface area contributed by atoms with Crippen molar-refractivity contribution in [1.82, 2.24) is 5.32 Å². The Balaban J connectivity index is 1.71. The summed E-state index contributed by atoms with van der Waals surface area (Å²) in [6.45, 7) is 3.70. The number of amides is 1. The standard InChI is InChI=1S/C14H23NO3S/c1-8(12-6-10-3-4-11(12)5-10)15-13(16)7-19-9(2)14(17)18/h8-12H,3-7H2,1-2H3,(H,15,16)(H,17,18)/t8-,9-,10-,11-,12-/m1/s1. The molecular weight excluding hydrogens is 262 g/mol. The summed E-state index contributed by atoms with van der Waals surface area (Å²) in [7, 11) is 0. The topological polar surface area (TPSA) is 66.4 Å². The molecule has 0 spiro atoms. The molecule has 108 valence electrons. The molecule has 0 aliphatic heterocycles. The molecule has 2 N–H and O–H groups in total. The summed E-state index contributed by atoms with van der Waals surface area (Å²) in [5.41, 5.74) is 0. The van der Waals surface area contributed by atoms with Gasteiger partial charge in [0, 0.05) is 6.04 Å².